The molecule has 0 bridgehead atoms. The molecule has 0 aliphatic rings. The zero-order chi connectivity index (χ0) is 15.9. The van der Waals surface area contributed by atoms with Crippen LogP contribution in [0.1, 0.15) is 12.5 Å². The molecule has 21 heavy (non-hydrogen) atoms. The number of rotatable bonds is 9. The fourth-order valence-electron chi connectivity index (χ4n) is 2.29. The molecular formula is C16H28N2O2S. The maximum Gasteiger partial charge on any atom is 0.160 e. The molecule has 1 aromatic carbocycles. The molecule has 1 atom stereocenters. The standard InChI is InChI=1S/C16H28N2O2S/c1-16(12-17,18(2)8-9-21-5)11-13-6-7-14(19-3)15(10-13)20-4/h6-7,10H,8-9,11-12,17H2,1-5H3. The van der Waals surface area contributed by atoms with Gasteiger partial charge < -0.3 is 15.2 Å². The number of likely N-dealkylation sites (N-methyl/N-ethyl adjacent to an activating group) is 1. The van der Waals surface area contributed by atoms with E-state index in [2.05, 4.69) is 31.2 Å². The fourth-order valence-corrected chi connectivity index (χ4v) is 2.75. The Kier molecular flexibility index (Phi) is 7.35. The average Bonchev–Trinajstić information content (AvgIpc) is 2.52. The van der Waals surface area contributed by atoms with Crippen LogP contribution in [0, 0.1) is 0 Å². The molecule has 2 N–H and O–H groups in total. The first-order valence-corrected chi connectivity index (χ1v) is 8.51. The number of hydrogen-bond donors (Lipinski definition) is 1. The number of nitrogens with two attached hydrogens (primary N) is 1. The highest BCUT2D eigenvalue weighted by Crippen LogP contribution is 2.29. The van der Waals surface area contributed by atoms with Crippen molar-refractivity contribution in [2.75, 3.05) is 46.4 Å². The van der Waals surface area contributed by atoms with E-state index in [1.807, 2.05) is 23.9 Å². The van der Waals surface area contributed by atoms with Crippen molar-refractivity contribution in [3.63, 3.8) is 0 Å². The number of methoxy groups -OCH3 is 2. The van der Waals surface area contributed by atoms with Crippen molar-refractivity contribution in [3.05, 3.63) is 23.8 Å². The quantitative estimate of drug-likeness (QED) is 0.758. The Labute approximate surface area is 133 Å². The smallest absolute Gasteiger partial charge is 0.160 e. The molecule has 0 aromatic heterocycles. The number of thioether (sulfide) groups is 1. The Morgan fingerprint density at radius 1 is 1.24 bits per heavy atom. The molecule has 0 amide bonds. The SMILES string of the molecule is COc1ccc(CC(C)(CN)N(C)CCSC)cc1OC. The van der Waals surface area contributed by atoms with Crippen molar-refractivity contribution < 1.29 is 9.47 Å². The van der Waals surface area contributed by atoms with Gasteiger partial charge in [0.25, 0.3) is 0 Å². The normalized spacial score (nSPS) is 14.0. The van der Waals surface area contributed by atoms with E-state index in [0.29, 0.717) is 6.54 Å². The van der Waals surface area contributed by atoms with Crippen LogP contribution in [0.15, 0.2) is 18.2 Å². The first-order chi connectivity index (χ1) is 10.0. The predicted octanol–water partition coefficient (Wildman–Crippen LogP) is 2.26. The molecule has 1 rings (SSSR count). The van der Waals surface area contributed by atoms with Gasteiger partial charge in [0.1, 0.15) is 0 Å². The van der Waals surface area contributed by atoms with Crippen molar-refractivity contribution in [2.45, 2.75) is 18.9 Å². The van der Waals surface area contributed by atoms with Crippen molar-refractivity contribution in [1.29, 1.82) is 0 Å². The zero-order valence-electron chi connectivity index (χ0n) is 13.8. The Balaban J connectivity index is 2.89. The molecule has 0 saturated heterocycles. The van der Waals surface area contributed by atoms with Gasteiger partial charge in [0.2, 0.25) is 0 Å². The van der Waals surface area contributed by atoms with Crippen molar-refractivity contribution >= 4 is 11.8 Å². The lowest BCUT2D eigenvalue weighted by molar-refractivity contribution is 0.153. The minimum atomic E-state index is -0.0602. The molecule has 0 fully saturated rings. The van der Waals surface area contributed by atoms with Gasteiger partial charge in [-0.25, -0.2) is 0 Å². The lowest BCUT2D eigenvalue weighted by atomic mass is 9.91. The summed E-state index contributed by atoms with van der Waals surface area (Å²) in [6.45, 7) is 3.86. The summed E-state index contributed by atoms with van der Waals surface area (Å²) in [5, 5.41) is 0. The Morgan fingerprint density at radius 3 is 2.43 bits per heavy atom. The van der Waals surface area contributed by atoms with E-state index in [4.69, 9.17) is 15.2 Å². The van der Waals surface area contributed by atoms with E-state index < -0.39 is 0 Å². The summed E-state index contributed by atoms with van der Waals surface area (Å²) in [7, 11) is 5.45. The summed E-state index contributed by atoms with van der Waals surface area (Å²) in [4.78, 5) is 2.35. The van der Waals surface area contributed by atoms with E-state index >= 15 is 0 Å². The van der Waals surface area contributed by atoms with Gasteiger partial charge in [0.15, 0.2) is 11.5 Å². The second-order valence-electron chi connectivity index (χ2n) is 5.48. The fraction of sp³-hybridized carbons (Fsp3) is 0.625. The topological polar surface area (TPSA) is 47.7 Å². The third kappa shape index (κ3) is 4.80. The lowest BCUT2D eigenvalue weighted by Gasteiger charge is -2.38. The molecular weight excluding hydrogens is 284 g/mol. The lowest BCUT2D eigenvalue weighted by Crippen LogP contribution is -2.52. The Hall–Kier alpha value is -0.910. The Morgan fingerprint density at radius 2 is 1.90 bits per heavy atom. The van der Waals surface area contributed by atoms with Crippen LogP contribution in [-0.2, 0) is 6.42 Å². The molecule has 1 unspecified atom stereocenters. The third-order valence-corrected chi connectivity index (χ3v) is 4.62. The van der Waals surface area contributed by atoms with E-state index in [9.17, 15) is 0 Å². The summed E-state index contributed by atoms with van der Waals surface area (Å²) >= 11 is 1.85. The molecule has 5 heteroatoms. The third-order valence-electron chi connectivity index (χ3n) is 4.03. The minimum Gasteiger partial charge on any atom is -0.493 e. The van der Waals surface area contributed by atoms with Crippen molar-refractivity contribution in [3.8, 4) is 11.5 Å². The molecule has 0 heterocycles. The highest BCUT2D eigenvalue weighted by Gasteiger charge is 2.28. The summed E-state index contributed by atoms with van der Waals surface area (Å²) < 4.78 is 10.7. The summed E-state index contributed by atoms with van der Waals surface area (Å²) in [5.74, 6) is 2.63. The van der Waals surface area contributed by atoms with Crippen LogP contribution < -0.4 is 15.2 Å². The van der Waals surface area contributed by atoms with Gasteiger partial charge in [-0.1, -0.05) is 6.07 Å². The van der Waals surface area contributed by atoms with Gasteiger partial charge in [-0.05, 0) is 44.3 Å². The van der Waals surface area contributed by atoms with Crippen molar-refractivity contribution in [1.82, 2.24) is 4.90 Å². The monoisotopic (exact) mass is 312 g/mol. The van der Waals surface area contributed by atoms with Crippen LogP contribution in [0.2, 0.25) is 0 Å². The predicted molar refractivity (Wildman–Crippen MR) is 91.7 cm³/mol. The van der Waals surface area contributed by atoms with Gasteiger partial charge in [0.05, 0.1) is 14.2 Å². The minimum absolute atomic E-state index is 0.0602. The first-order valence-electron chi connectivity index (χ1n) is 7.12. The number of benzene rings is 1. The molecule has 120 valence electrons. The number of ether oxygens (including phenoxy) is 2. The van der Waals surface area contributed by atoms with Crippen LogP contribution in [0.25, 0.3) is 0 Å². The molecule has 1 aromatic rings. The highest BCUT2D eigenvalue weighted by atomic mass is 32.2. The summed E-state index contributed by atoms with van der Waals surface area (Å²) in [6.07, 6.45) is 3.01. The number of nitrogens with zero attached hydrogens (tertiary/aromatic N) is 1. The van der Waals surface area contributed by atoms with Crippen LogP contribution in [0.3, 0.4) is 0 Å². The highest BCUT2D eigenvalue weighted by molar-refractivity contribution is 7.98. The average molecular weight is 312 g/mol. The molecule has 4 nitrogen and oxygen atoms in total. The molecule has 0 saturated carbocycles. The van der Waals surface area contributed by atoms with Crippen LogP contribution in [0.4, 0.5) is 0 Å². The van der Waals surface area contributed by atoms with Crippen LogP contribution in [-0.4, -0.2) is 56.8 Å². The molecule has 0 aliphatic heterocycles. The van der Waals surface area contributed by atoms with Gasteiger partial charge in [-0.2, -0.15) is 11.8 Å². The molecule has 0 aliphatic carbocycles. The maximum absolute atomic E-state index is 6.05. The van der Waals surface area contributed by atoms with E-state index in [-0.39, 0.29) is 5.54 Å². The maximum atomic E-state index is 6.05. The van der Waals surface area contributed by atoms with Gasteiger partial charge in [-0.3, -0.25) is 4.90 Å². The van der Waals surface area contributed by atoms with Gasteiger partial charge >= 0.3 is 0 Å². The van der Waals surface area contributed by atoms with Crippen LogP contribution in [0.5, 0.6) is 11.5 Å². The molecule has 0 spiro atoms. The van der Waals surface area contributed by atoms with Gasteiger partial charge in [0, 0.05) is 24.4 Å². The number of hydrogen-bond acceptors (Lipinski definition) is 5. The van der Waals surface area contributed by atoms with Crippen molar-refractivity contribution in [2.24, 2.45) is 5.73 Å². The van der Waals surface area contributed by atoms with E-state index in [1.54, 1.807) is 14.2 Å². The van der Waals surface area contributed by atoms with E-state index in [1.165, 1.54) is 5.56 Å². The van der Waals surface area contributed by atoms with Crippen LogP contribution >= 0.6 is 11.8 Å². The first kappa shape index (κ1) is 18.1. The summed E-state index contributed by atoms with van der Waals surface area (Å²) in [5.41, 5.74) is 7.19. The Bertz CT molecular complexity index is 442. The van der Waals surface area contributed by atoms with Gasteiger partial charge in [-0.15, -0.1) is 0 Å². The van der Waals surface area contributed by atoms with E-state index in [0.717, 1.165) is 30.2 Å². The second kappa shape index (κ2) is 8.51. The second-order valence-corrected chi connectivity index (χ2v) is 6.47. The zero-order valence-corrected chi connectivity index (χ0v) is 14.6. The molecule has 0 radical (unpaired) electrons. The largest absolute Gasteiger partial charge is 0.493 e. The summed E-state index contributed by atoms with van der Waals surface area (Å²) in [6, 6.07) is 6.07.